The molecule has 0 amide bonds. The Bertz CT molecular complexity index is 548. The lowest BCUT2D eigenvalue weighted by atomic mass is 9.71. The van der Waals surface area contributed by atoms with Gasteiger partial charge in [-0.3, -0.25) is 4.57 Å². The molecule has 138 valence electrons. The largest absolute Gasteiger partial charge is 0.389 e. The molecule has 1 unspecified atom stereocenters. The van der Waals surface area contributed by atoms with E-state index < -0.39 is 7.60 Å². The Balaban J connectivity index is 2.89. The molecule has 0 spiro atoms. The van der Waals surface area contributed by atoms with Crippen LogP contribution in [-0.2, 0) is 13.6 Å². The quantitative estimate of drug-likeness (QED) is 0.476. The zero-order chi connectivity index (χ0) is 18.4. The molecule has 0 heterocycles. The third-order valence-electron chi connectivity index (χ3n) is 4.50. The standard InChI is InChI=1S/C19H33O4P/c1-7-22-24(21,23-8-2)14-12-15(3)9-10-17-16(4)18(20)11-13-19(17,5)6/h9-10,12,18,20H,7-8,11,13-14H2,1-6H3. The first kappa shape index (κ1) is 21.4. The van der Waals surface area contributed by atoms with Crippen LogP contribution >= 0.6 is 7.60 Å². The van der Waals surface area contributed by atoms with Crippen molar-refractivity contribution in [3.8, 4) is 0 Å². The highest BCUT2D eigenvalue weighted by atomic mass is 31.2. The molecule has 0 aromatic heterocycles. The summed E-state index contributed by atoms with van der Waals surface area (Å²) in [4.78, 5) is 0. The fourth-order valence-corrected chi connectivity index (χ4v) is 4.58. The Hall–Kier alpha value is -0.670. The molecule has 0 aliphatic heterocycles. The van der Waals surface area contributed by atoms with Crippen LogP contribution in [0.25, 0.3) is 0 Å². The lowest BCUT2D eigenvalue weighted by Gasteiger charge is -2.35. The molecular formula is C19H33O4P. The first-order valence-corrected chi connectivity index (χ1v) is 10.5. The molecule has 0 bridgehead atoms. The van der Waals surface area contributed by atoms with Crippen molar-refractivity contribution in [2.24, 2.45) is 5.41 Å². The van der Waals surface area contributed by atoms with Crippen LogP contribution in [0.15, 0.2) is 34.9 Å². The van der Waals surface area contributed by atoms with Crippen LogP contribution in [0.4, 0.5) is 0 Å². The molecule has 1 N–H and O–H groups in total. The number of hydrogen-bond donors (Lipinski definition) is 1. The lowest BCUT2D eigenvalue weighted by Crippen LogP contribution is -2.27. The maximum absolute atomic E-state index is 12.5. The molecule has 0 saturated carbocycles. The van der Waals surface area contributed by atoms with E-state index in [1.807, 2.05) is 39.8 Å². The van der Waals surface area contributed by atoms with Gasteiger partial charge in [-0.1, -0.05) is 37.6 Å². The average Bonchev–Trinajstić information content (AvgIpc) is 2.50. The van der Waals surface area contributed by atoms with E-state index in [-0.39, 0.29) is 17.7 Å². The van der Waals surface area contributed by atoms with E-state index in [9.17, 15) is 9.67 Å². The number of allylic oxidation sites excluding steroid dienone is 5. The minimum atomic E-state index is -3.04. The minimum Gasteiger partial charge on any atom is -0.389 e. The third-order valence-corrected chi connectivity index (χ3v) is 6.43. The smallest absolute Gasteiger partial charge is 0.334 e. The topological polar surface area (TPSA) is 55.8 Å². The number of hydrogen-bond acceptors (Lipinski definition) is 4. The highest BCUT2D eigenvalue weighted by Crippen LogP contribution is 2.48. The predicted octanol–water partition coefficient (Wildman–Crippen LogP) is 5.25. The van der Waals surface area contributed by atoms with Crippen LogP contribution in [0.2, 0.25) is 0 Å². The normalized spacial score (nSPS) is 22.5. The SMILES string of the molecule is CCOP(=O)(CC=C(C)C=CC1=C(C)C(O)CCC1(C)C)OCC. The van der Waals surface area contributed by atoms with Crippen LogP contribution in [0.3, 0.4) is 0 Å². The fourth-order valence-electron chi connectivity index (χ4n) is 2.99. The Labute approximate surface area is 147 Å². The summed E-state index contributed by atoms with van der Waals surface area (Å²) in [6.45, 7) is 12.8. The van der Waals surface area contributed by atoms with E-state index in [0.717, 1.165) is 24.0 Å². The molecule has 1 rings (SSSR count). The van der Waals surface area contributed by atoms with Crippen LogP contribution in [0.1, 0.15) is 54.4 Å². The summed E-state index contributed by atoms with van der Waals surface area (Å²) in [6.07, 6.45) is 7.70. The average molecular weight is 356 g/mol. The highest BCUT2D eigenvalue weighted by Gasteiger charge is 2.30. The molecule has 1 atom stereocenters. The van der Waals surface area contributed by atoms with Crippen molar-refractivity contribution < 1.29 is 18.7 Å². The number of aliphatic hydroxyl groups excluding tert-OH is 1. The number of aliphatic hydroxyl groups is 1. The Morgan fingerprint density at radius 2 is 1.92 bits per heavy atom. The first-order valence-electron chi connectivity index (χ1n) is 8.77. The van der Waals surface area contributed by atoms with E-state index in [0.29, 0.717) is 13.2 Å². The summed E-state index contributed by atoms with van der Waals surface area (Å²) in [7, 11) is -3.04. The second-order valence-electron chi connectivity index (χ2n) is 6.95. The molecule has 0 aromatic rings. The van der Waals surface area contributed by atoms with Crippen LogP contribution in [0.5, 0.6) is 0 Å². The van der Waals surface area contributed by atoms with Gasteiger partial charge in [-0.25, -0.2) is 0 Å². The van der Waals surface area contributed by atoms with Crippen LogP contribution < -0.4 is 0 Å². The van der Waals surface area contributed by atoms with Gasteiger partial charge in [0.2, 0.25) is 0 Å². The first-order chi connectivity index (χ1) is 11.1. The summed E-state index contributed by atoms with van der Waals surface area (Å²) in [6, 6.07) is 0. The Kier molecular flexibility index (Phi) is 8.14. The van der Waals surface area contributed by atoms with Gasteiger partial charge in [0.05, 0.1) is 25.5 Å². The lowest BCUT2D eigenvalue weighted by molar-refractivity contribution is 0.163. The second kappa shape index (κ2) is 9.15. The molecule has 0 saturated heterocycles. The molecule has 5 heteroatoms. The van der Waals surface area contributed by atoms with Gasteiger partial charge in [0.25, 0.3) is 0 Å². The summed E-state index contributed by atoms with van der Waals surface area (Å²) < 4.78 is 23.1. The molecule has 1 aliphatic carbocycles. The monoisotopic (exact) mass is 356 g/mol. The maximum Gasteiger partial charge on any atom is 0.334 e. The second-order valence-corrected chi connectivity index (χ2v) is 9.05. The van der Waals surface area contributed by atoms with E-state index in [1.54, 1.807) is 0 Å². The molecule has 0 aromatic carbocycles. The van der Waals surface area contributed by atoms with Crippen molar-refractivity contribution in [1.82, 2.24) is 0 Å². The summed E-state index contributed by atoms with van der Waals surface area (Å²) in [5.41, 5.74) is 3.30. The van der Waals surface area contributed by atoms with Gasteiger partial charge < -0.3 is 14.2 Å². The Morgan fingerprint density at radius 1 is 1.33 bits per heavy atom. The Morgan fingerprint density at radius 3 is 2.46 bits per heavy atom. The molecule has 0 radical (unpaired) electrons. The predicted molar refractivity (Wildman–Crippen MR) is 100 cm³/mol. The van der Waals surface area contributed by atoms with Crippen molar-refractivity contribution >= 4 is 7.60 Å². The van der Waals surface area contributed by atoms with Gasteiger partial charge >= 0.3 is 7.60 Å². The molecule has 1 aliphatic rings. The van der Waals surface area contributed by atoms with Gasteiger partial charge in [-0.2, -0.15) is 0 Å². The molecule has 4 nitrogen and oxygen atoms in total. The van der Waals surface area contributed by atoms with Crippen LogP contribution in [-0.4, -0.2) is 30.6 Å². The van der Waals surface area contributed by atoms with E-state index in [2.05, 4.69) is 19.9 Å². The molecule has 24 heavy (non-hydrogen) atoms. The van der Waals surface area contributed by atoms with Gasteiger partial charge in [-0.15, -0.1) is 0 Å². The zero-order valence-corrected chi connectivity index (χ0v) is 16.9. The van der Waals surface area contributed by atoms with E-state index in [1.165, 1.54) is 5.57 Å². The van der Waals surface area contributed by atoms with E-state index in [4.69, 9.17) is 9.05 Å². The van der Waals surface area contributed by atoms with Crippen molar-refractivity contribution in [2.45, 2.75) is 60.5 Å². The van der Waals surface area contributed by atoms with Gasteiger partial charge in [-0.05, 0) is 57.1 Å². The van der Waals surface area contributed by atoms with Crippen LogP contribution in [0, 0.1) is 5.41 Å². The highest BCUT2D eigenvalue weighted by molar-refractivity contribution is 7.54. The van der Waals surface area contributed by atoms with Gasteiger partial charge in [0, 0.05) is 0 Å². The summed E-state index contributed by atoms with van der Waals surface area (Å²) >= 11 is 0. The van der Waals surface area contributed by atoms with E-state index >= 15 is 0 Å². The summed E-state index contributed by atoms with van der Waals surface area (Å²) in [5, 5.41) is 10.1. The maximum atomic E-state index is 12.5. The van der Waals surface area contributed by atoms with Crippen molar-refractivity contribution in [3.63, 3.8) is 0 Å². The fraction of sp³-hybridized carbons (Fsp3) is 0.684. The van der Waals surface area contributed by atoms with Crippen molar-refractivity contribution in [2.75, 3.05) is 19.4 Å². The number of rotatable bonds is 8. The molecule has 0 fully saturated rings. The zero-order valence-electron chi connectivity index (χ0n) is 16.0. The van der Waals surface area contributed by atoms with Gasteiger partial charge in [0.1, 0.15) is 0 Å². The van der Waals surface area contributed by atoms with Crippen molar-refractivity contribution in [3.05, 3.63) is 34.9 Å². The minimum absolute atomic E-state index is 0.0615. The van der Waals surface area contributed by atoms with Gasteiger partial charge in [0.15, 0.2) is 0 Å². The third kappa shape index (κ3) is 6.00. The molecular weight excluding hydrogens is 323 g/mol. The summed E-state index contributed by atoms with van der Waals surface area (Å²) in [5.74, 6) is 0. The van der Waals surface area contributed by atoms with Crippen molar-refractivity contribution in [1.29, 1.82) is 0 Å².